The molecule has 20 heavy (non-hydrogen) atoms. The van der Waals surface area contributed by atoms with E-state index in [1.807, 2.05) is 0 Å². The number of carbonyl (C=O) groups excluding carboxylic acids is 1. The van der Waals surface area contributed by atoms with Crippen LogP contribution >= 0.6 is 35.6 Å². The van der Waals surface area contributed by atoms with Gasteiger partial charge in [-0.25, -0.2) is 0 Å². The second-order valence-corrected chi connectivity index (χ2v) is 5.56. The Labute approximate surface area is 135 Å². The number of hydrogen-bond acceptors (Lipinski definition) is 3. The van der Waals surface area contributed by atoms with Gasteiger partial charge in [0.2, 0.25) is 5.91 Å². The number of anilines is 1. The first kappa shape index (κ1) is 17.5. The van der Waals surface area contributed by atoms with Crippen LogP contribution in [0.25, 0.3) is 0 Å². The van der Waals surface area contributed by atoms with Crippen LogP contribution in [0.4, 0.5) is 5.69 Å². The van der Waals surface area contributed by atoms with Crippen molar-refractivity contribution in [3.8, 4) is 0 Å². The van der Waals surface area contributed by atoms with Gasteiger partial charge in [0.15, 0.2) is 0 Å². The highest BCUT2D eigenvalue weighted by molar-refractivity contribution is 6.39. The largest absolute Gasteiger partial charge is 0.326 e. The Morgan fingerprint density at radius 3 is 2.60 bits per heavy atom. The first-order valence-corrected chi connectivity index (χ1v) is 7.03. The highest BCUT2D eigenvalue weighted by atomic mass is 35.5. The molecule has 1 aliphatic heterocycles. The normalized spacial score (nSPS) is 18.6. The van der Waals surface area contributed by atoms with Gasteiger partial charge >= 0.3 is 0 Å². The molecule has 2 rings (SSSR count). The molecule has 4 nitrogen and oxygen atoms in total. The molecule has 7 heteroatoms. The van der Waals surface area contributed by atoms with Crippen LogP contribution in [-0.4, -0.2) is 36.5 Å². The van der Waals surface area contributed by atoms with Crippen LogP contribution in [0.2, 0.25) is 10.0 Å². The fourth-order valence-corrected chi connectivity index (χ4v) is 2.64. The van der Waals surface area contributed by atoms with E-state index in [-0.39, 0.29) is 24.4 Å². The summed E-state index contributed by atoms with van der Waals surface area (Å²) in [5.74, 6) is -0.0875. The summed E-state index contributed by atoms with van der Waals surface area (Å²) in [5.41, 5.74) is 6.30. The molecule has 0 bridgehead atoms. The summed E-state index contributed by atoms with van der Waals surface area (Å²) in [6.07, 6.45) is 1.41. The molecule has 0 aliphatic carbocycles. The van der Waals surface area contributed by atoms with Crippen LogP contribution in [-0.2, 0) is 4.79 Å². The lowest BCUT2D eigenvalue weighted by Crippen LogP contribution is -2.29. The van der Waals surface area contributed by atoms with E-state index in [4.69, 9.17) is 28.9 Å². The van der Waals surface area contributed by atoms with Gasteiger partial charge in [-0.3, -0.25) is 4.79 Å². The molecule has 1 aromatic rings. The maximum absolute atomic E-state index is 11.9. The number of nitrogens with zero attached hydrogens (tertiary/aromatic N) is 1. The number of nitrogens with one attached hydrogen (secondary N) is 1. The van der Waals surface area contributed by atoms with Crippen molar-refractivity contribution in [1.82, 2.24) is 4.90 Å². The average molecular weight is 339 g/mol. The van der Waals surface area contributed by atoms with E-state index in [0.29, 0.717) is 28.7 Å². The molecular weight excluding hydrogens is 321 g/mol. The molecule has 1 aliphatic rings. The number of nitrogens with two attached hydrogens (primary N) is 1. The summed E-state index contributed by atoms with van der Waals surface area (Å²) in [6.45, 7) is 2.53. The van der Waals surface area contributed by atoms with Gasteiger partial charge in [-0.2, -0.15) is 0 Å². The van der Waals surface area contributed by atoms with Gasteiger partial charge in [-0.15, -0.1) is 12.4 Å². The highest BCUT2D eigenvalue weighted by Crippen LogP contribution is 2.29. The van der Waals surface area contributed by atoms with Crippen LogP contribution in [0, 0.1) is 0 Å². The van der Waals surface area contributed by atoms with Crippen molar-refractivity contribution in [2.24, 2.45) is 5.73 Å². The SMILES string of the molecule is Cl.N[C@H]1CCN(CCC(=O)Nc2c(Cl)cccc2Cl)C1. The molecule has 0 spiro atoms. The molecule has 1 aromatic carbocycles. The van der Waals surface area contributed by atoms with Crippen molar-refractivity contribution in [2.75, 3.05) is 25.0 Å². The Kier molecular flexibility index (Phi) is 7.06. The van der Waals surface area contributed by atoms with Gasteiger partial charge in [0.1, 0.15) is 0 Å². The van der Waals surface area contributed by atoms with Gasteiger partial charge in [0, 0.05) is 25.6 Å². The van der Waals surface area contributed by atoms with Gasteiger partial charge < -0.3 is 16.0 Å². The maximum Gasteiger partial charge on any atom is 0.225 e. The number of amides is 1. The van der Waals surface area contributed by atoms with E-state index >= 15 is 0 Å². The van der Waals surface area contributed by atoms with Crippen LogP contribution in [0.15, 0.2) is 18.2 Å². The second kappa shape index (κ2) is 8.05. The third kappa shape index (κ3) is 4.79. The van der Waals surface area contributed by atoms with E-state index in [0.717, 1.165) is 19.5 Å². The first-order chi connectivity index (χ1) is 9.06. The number of hydrogen-bond donors (Lipinski definition) is 2. The summed E-state index contributed by atoms with van der Waals surface area (Å²) in [7, 11) is 0. The maximum atomic E-state index is 11.9. The van der Waals surface area contributed by atoms with Crippen molar-refractivity contribution in [1.29, 1.82) is 0 Å². The van der Waals surface area contributed by atoms with E-state index in [1.165, 1.54) is 0 Å². The number of para-hydroxylation sites is 1. The molecule has 0 saturated carbocycles. The summed E-state index contributed by atoms with van der Waals surface area (Å²) in [6, 6.07) is 5.37. The zero-order valence-electron chi connectivity index (χ0n) is 10.9. The van der Waals surface area contributed by atoms with Crippen molar-refractivity contribution < 1.29 is 4.79 Å². The Morgan fingerprint density at radius 2 is 2.05 bits per heavy atom. The third-order valence-electron chi connectivity index (χ3n) is 3.19. The Bertz CT molecular complexity index is 450. The molecule has 1 atom stereocenters. The summed E-state index contributed by atoms with van der Waals surface area (Å²) in [4.78, 5) is 14.1. The Morgan fingerprint density at radius 1 is 1.40 bits per heavy atom. The minimum absolute atomic E-state index is 0. The molecule has 1 heterocycles. The number of halogens is 3. The summed E-state index contributed by atoms with van der Waals surface area (Å²) >= 11 is 12.0. The fraction of sp³-hybridized carbons (Fsp3) is 0.462. The summed E-state index contributed by atoms with van der Waals surface area (Å²) in [5, 5.41) is 3.65. The van der Waals surface area contributed by atoms with E-state index in [2.05, 4.69) is 10.2 Å². The van der Waals surface area contributed by atoms with Gasteiger partial charge in [0.05, 0.1) is 15.7 Å². The first-order valence-electron chi connectivity index (χ1n) is 6.28. The lowest BCUT2D eigenvalue weighted by Gasteiger charge is -2.15. The lowest BCUT2D eigenvalue weighted by molar-refractivity contribution is -0.116. The molecule has 3 N–H and O–H groups in total. The summed E-state index contributed by atoms with van der Waals surface area (Å²) < 4.78 is 0. The Hall–Kier alpha value is -0.520. The van der Waals surface area contributed by atoms with Crippen LogP contribution in [0.1, 0.15) is 12.8 Å². The number of likely N-dealkylation sites (tertiary alicyclic amines) is 1. The molecule has 112 valence electrons. The zero-order valence-corrected chi connectivity index (χ0v) is 13.3. The fourth-order valence-electron chi connectivity index (χ4n) is 2.14. The van der Waals surface area contributed by atoms with Crippen molar-refractivity contribution in [3.63, 3.8) is 0 Å². The van der Waals surface area contributed by atoms with Gasteiger partial charge in [0.25, 0.3) is 0 Å². The average Bonchev–Trinajstić information content (AvgIpc) is 2.77. The number of carbonyl (C=O) groups is 1. The van der Waals surface area contributed by atoms with Crippen molar-refractivity contribution in [2.45, 2.75) is 18.9 Å². The smallest absolute Gasteiger partial charge is 0.225 e. The number of rotatable bonds is 4. The minimum atomic E-state index is -0.0875. The predicted molar refractivity (Wildman–Crippen MR) is 86.0 cm³/mol. The molecule has 0 unspecified atom stereocenters. The van der Waals surface area contributed by atoms with E-state index in [1.54, 1.807) is 18.2 Å². The van der Waals surface area contributed by atoms with E-state index < -0.39 is 0 Å². The lowest BCUT2D eigenvalue weighted by atomic mass is 10.3. The van der Waals surface area contributed by atoms with Crippen LogP contribution < -0.4 is 11.1 Å². The zero-order chi connectivity index (χ0) is 13.8. The quantitative estimate of drug-likeness (QED) is 0.887. The second-order valence-electron chi connectivity index (χ2n) is 4.74. The molecular formula is C13H18Cl3N3O. The topological polar surface area (TPSA) is 58.4 Å². The molecule has 1 fully saturated rings. The van der Waals surface area contributed by atoms with Gasteiger partial charge in [-0.05, 0) is 25.1 Å². The third-order valence-corrected chi connectivity index (χ3v) is 3.82. The molecule has 1 saturated heterocycles. The highest BCUT2D eigenvalue weighted by Gasteiger charge is 2.19. The van der Waals surface area contributed by atoms with Gasteiger partial charge in [-0.1, -0.05) is 29.3 Å². The monoisotopic (exact) mass is 337 g/mol. The number of benzene rings is 1. The minimum Gasteiger partial charge on any atom is -0.326 e. The molecule has 0 aromatic heterocycles. The van der Waals surface area contributed by atoms with Crippen LogP contribution in [0.3, 0.4) is 0 Å². The Balaban J connectivity index is 0.00000200. The molecule has 1 amide bonds. The van der Waals surface area contributed by atoms with E-state index in [9.17, 15) is 4.79 Å². The van der Waals surface area contributed by atoms with Crippen molar-refractivity contribution in [3.05, 3.63) is 28.2 Å². The standard InChI is InChI=1S/C13H17Cl2N3O.ClH/c14-10-2-1-3-11(15)13(10)17-12(19)5-7-18-6-4-9(16)8-18;/h1-3,9H,4-8,16H2,(H,17,19);1H/t9-;/m0./s1. The molecule has 0 radical (unpaired) electrons. The van der Waals surface area contributed by atoms with Crippen molar-refractivity contribution >= 4 is 47.2 Å². The van der Waals surface area contributed by atoms with Crippen LogP contribution in [0.5, 0.6) is 0 Å². The predicted octanol–water partition coefficient (Wildman–Crippen LogP) is 2.78.